The third-order valence-electron chi connectivity index (χ3n) is 5.17. The SMILES string of the molecule is COC(=O)CCNC(=O)c1sc(COc2cc(C)c(-c3ccc(C(F)(F)F)cc3)c(C)c2)cc1Cl. The maximum atomic E-state index is 12.9. The van der Waals surface area contributed by atoms with Gasteiger partial charge in [-0.05, 0) is 66.4 Å². The molecule has 0 spiro atoms. The number of ether oxygens (including phenoxy) is 2. The second-order valence-electron chi connectivity index (χ2n) is 7.77. The summed E-state index contributed by atoms with van der Waals surface area (Å²) in [5.41, 5.74) is 2.55. The molecule has 0 saturated heterocycles. The molecule has 0 aliphatic carbocycles. The minimum absolute atomic E-state index is 0.0579. The van der Waals surface area contributed by atoms with E-state index in [1.54, 1.807) is 6.07 Å². The fourth-order valence-electron chi connectivity index (χ4n) is 3.55. The second-order valence-corrected chi connectivity index (χ2v) is 9.31. The molecule has 186 valence electrons. The summed E-state index contributed by atoms with van der Waals surface area (Å²) in [6.07, 6.45) is -4.32. The molecule has 3 aromatic rings. The summed E-state index contributed by atoms with van der Waals surface area (Å²) in [5.74, 6) is -0.224. The van der Waals surface area contributed by atoms with Gasteiger partial charge in [0.15, 0.2) is 0 Å². The first-order chi connectivity index (χ1) is 16.5. The summed E-state index contributed by atoms with van der Waals surface area (Å²) in [5, 5.41) is 2.91. The average Bonchev–Trinajstić information content (AvgIpc) is 3.17. The van der Waals surface area contributed by atoms with Crippen LogP contribution in [0.2, 0.25) is 5.02 Å². The summed E-state index contributed by atoms with van der Waals surface area (Å²) in [6.45, 7) is 4.05. The van der Waals surface area contributed by atoms with Crippen molar-refractivity contribution in [2.24, 2.45) is 0 Å². The van der Waals surface area contributed by atoms with Crippen molar-refractivity contribution >= 4 is 34.8 Å². The van der Waals surface area contributed by atoms with Crippen LogP contribution in [0.25, 0.3) is 11.1 Å². The summed E-state index contributed by atoms with van der Waals surface area (Å²) in [4.78, 5) is 24.5. The first-order valence-corrected chi connectivity index (χ1v) is 11.7. The Hall–Kier alpha value is -3.04. The average molecular weight is 526 g/mol. The van der Waals surface area contributed by atoms with Crippen LogP contribution in [0.4, 0.5) is 13.2 Å². The van der Waals surface area contributed by atoms with Crippen LogP contribution in [0, 0.1) is 13.8 Å². The monoisotopic (exact) mass is 525 g/mol. The van der Waals surface area contributed by atoms with Gasteiger partial charge in [-0.25, -0.2) is 0 Å². The van der Waals surface area contributed by atoms with Gasteiger partial charge in [-0.15, -0.1) is 11.3 Å². The molecule has 1 heterocycles. The Bertz CT molecular complexity index is 1200. The quantitative estimate of drug-likeness (QED) is 0.338. The molecule has 0 saturated carbocycles. The highest BCUT2D eigenvalue weighted by atomic mass is 35.5. The van der Waals surface area contributed by atoms with Crippen molar-refractivity contribution in [3.8, 4) is 16.9 Å². The van der Waals surface area contributed by atoms with E-state index in [0.717, 1.165) is 33.7 Å². The molecule has 10 heteroatoms. The number of amides is 1. The predicted molar refractivity (Wildman–Crippen MR) is 129 cm³/mol. The third kappa shape index (κ3) is 6.76. The highest BCUT2D eigenvalue weighted by Gasteiger charge is 2.30. The number of rotatable bonds is 8. The van der Waals surface area contributed by atoms with Crippen LogP contribution in [0.5, 0.6) is 5.75 Å². The fraction of sp³-hybridized carbons (Fsp3) is 0.280. The lowest BCUT2D eigenvalue weighted by atomic mass is 9.94. The fourth-order valence-corrected chi connectivity index (χ4v) is 4.82. The van der Waals surface area contributed by atoms with Crippen molar-refractivity contribution in [3.05, 3.63) is 73.9 Å². The summed E-state index contributed by atoms with van der Waals surface area (Å²) in [6, 6.07) is 10.3. The number of hydrogen-bond donors (Lipinski definition) is 1. The standard InChI is InChI=1S/C25H23ClF3NO4S/c1-14-10-18(11-15(2)22(14)16-4-6-17(7-5-16)25(27,28)29)34-13-19-12-20(26)23(35-19)24(32)30-9-8-21(31)33-3/h4-7,10-12H,8-9,13H2,1-3H3,(H,30,32). The third-order valence-corrected chi connectivity index (χ3v) is 6.69. The lowest BCUT2D eigenvalue weighted by Crippen LogP contribution is -2.25. The predicted octanol–water partition coefficient (Wildman–Crippen LogP) is 6.58. The van der Waals surface area contributed by atoms with E-state index in [0.29, 0.717) is 16.2 Å². The smallest absolute Gasteiger partial charge is 0.416 e. The highest BCUT2D eigenvalue weighted by molar-refractivity contribution is 7.14. The lowest BCUT2D eigenvalue weighted by molar-refractivity contribution is -0.140. The maximum Gasteiger partial charge on any atom is 0.416 e. The van der Waals surface area contributed by atoms with Crippen LogP contribution in [-0.4, -0.2) is 25.5 Å². The summed E-state index contributed by atoms with van der Waals surface area (Å²) < 4.78 is 49.0. The van der Waals surface area contributed by atoms with Crippen molar-refractivity contribution in [2.75, 3.05) is 13.7 Å². The van der Waals surface area contributed by atoms with E-state index < -0.39 is 17.7 Å². The number of methoxy groups -OCH3 is 1. The number of esters is 1. The number of hydrogen-bond acceptors (Lipinski definition) is 5. The van der Waals surface area contributed by atoms with Crippen LogP contribution in [0.1, 0.15) is 37.7 Å². The van der Waals surface area contributed by atoms with E-state index in [4.69, 9.17) is 16.3 Å². The van der Waals surface area contributed by atoms with Crippen LogP contribution in [0.15, 0.2) is 42.5 Å². The molecule has 1 amide bonds. The molecular formula is C25H23ClF3NO4S. The van der Waals surface area contributed by atoms with Gasteiger partial charge >= 0.3 is 12.1 Å². The van der Waals surface area contributed by atoms with Crippen molar-refractivity contribution in [3.63, 3.8) is 0 Å². The van der Waals surface area contributed by atoms with Crippen LogP contribution >= 0.6 is 22.9 Å². The normalized spacial score (nSPS) is 11.3. The molecule has 1 aromatic heterocycles. The van der Waals surface area contributed by atoms with E-state index in [9.17, 15) is 22.8 Å². The molecule has 0 fully saturated rings. The number of carbonyl (C=O) groups excluding carboxylic acids is 2. The molecule has 0 bridgehead atoms. The van der Waals surface area contributed by atoms with Crippen molar-refractivity contribution in [1.29, 1.82) is 0 Å². The molecule has 0 aliphatic rings. The Labute approximate surface area is 209 Å². The van der Waals surface area contributed by atoms with Gasteiger partial charge in [0, 0.05) is 11.4 Å². The van der Waals surface area contributed by atoms with Gasteiger partial charge in [-0.3, -0.25) is 9.59 Å². The zero-order valence-electron chi connectivity index (χ0n) is 19.2. The Morgan fingerprint density at radius 2 is 1.69 bits per heavy atom. The van der Waals surface area contributed by atoms with Crippen LogP contribution in [-0.2, 0) is 22.3 Å². The van der Waals surface area contributed by atoms with Gasteiger partial charge in [-0.2, -0.15) is 13.2 Å². The number of nitrogens with one attached hydrogen (secondary N) is 1. The highest BCUT2D eigenvalue weighted by Crippen LogP contribution is 2.35. The molecule has 5 nitrogen and oxygen atoms in total. The van der Waals surface area contributed by atoms with Gasteiger partial charge in [0.05, 0.1) is 24.1 Å². The number of halogens is 4. The second kappa shape index (κ2) is 11.1. The van der Waals surface area contributed by atoms with Gasteiger partial charge < -0.3 is 14.8 Å². The first-order valence-electron chi connectivity index (χ1n) is 10.5. The number of thiophene rings is 1. The number of aryl methyl sites for hydroxylation is 2. The zero-order chi connectivity index (χ0) is 25.8. The van der Waals surface area contributed by atoms with E-state index >= 15 is 0 Å². The lowest BCUT2D eigenvalue weighted by Gasteiger charge is -2.14. The van der Waals surface area contributed by atoms with Crippen molar-refractivity contribution < 1.29 is 32.2 Å². The molecule has 2 aromatic carbocycles. The maximum absolute atomic E-state index is 12.9. The Kier molecular flexibility index (Phi) is 8.45. The van der Waals surface area contributed by atoms with Crippen molar-refractivity contribution in [1.82, 2.24) is 5.32 Å². The van der Waals surface area contributed by atoms with Crippen molar-refractivity contribution in [2.45, 2.75) is 33.1 Å². The van der Waals surface area contributed by atoms with Crippen LogP contribution < -0.4 is 10.1 Å². The number of benzene rings is 2. The molecule has 35 heavy (non-hydrogen) atoms. The molecule has 0 aliphatic heterocycles. The number of carbonyl (C=O) groups is 2. The minimum Gasteiger partial charge on any atom is -0.488 e. The topological polar surface area (TPSA) is 64.6 Å². The van der Waals surface area contributed by atoms with Gasteiger partial charge in [0.25, 0.3) is 5.91 Å². The minimum atomic E-state index is -4.38. The van der Waals surface area contributed by atoms with Gasteiger partial charge in [-0.1, -0.05) is 23.7 Å². The molecule has 0 atom stereocenters. The molecular weight excluding hydrogens is 503 g/mol. The summed E-state index contributed by atoms with van der Waals surface area (Å²) in [7, 11) is 1.28. The number of alkyl halides is 3. The van der Waals surface area contributed by atoms with E-state index in [1.165, 1.54) is 30.6 Å². The Morgan fingerprint density at radius 1 is 1.06 bits per heavy atom. The first kappa shape index (κ1) is 26.6. The molecule has 0 radical (unpaired) electrons. The van der Waals surface area contributed by atoms with E-state index in [-0.39, 0.29) is 30.5 Å². The molecule has 0 unspecified atom stereocenters. The van der Waals surface area contributed by atoms with Gasteiger partial charge in [0.1, 0.15) is 17.2 Å². The Morgan fingerprint density at radius 3 is 2.26 bits per heavy atom. The largest absolute Gasteiger partial charge is 0.488 e. The van der Waals surface area contributed by atoms with E-state index in [1.807, 2.05) is 26.0 Å². The zero-order valence-corrected chi connectivity index (χ0v) is 20.8. The molecule has 3 rings (SSSR count). The van der Waals surface area contributed by atoms with E-state index in [2.05, 4.69) is 10.1 Å². The molecule has 1 N–H and O–H groups in total. The van der Waals surface area contributed by atoms with Crippen LogP contribution in [0.3, 0.4) is 0 Å². The summed E-state index contributed by atoms with van der Waals surface area (Å²) >= 11 is 7.39. The Balaban J connectivity index is 1.67. The van der Waals surface area contributed by atoms with Gasteiger partial charge in [0.2, 0.25) is 0 Å².